The lowest BCUT2D eigenvalue weighted by atomic mass is 10.2. The van der Waals surface area contributed by atoms with Gasteiger partial charge in [-0.25, -0.2) is 0 Å². The van der Waals surface area contributed by atoms with Gasteiger partial charge in [-0.05, 0) is 6.42 Å². The minimum Gasteiger partial charge on any atom is -0.394 e. The van der Waals surface area contributed by atoms with Crippen molar-refractivity contribution in [1.82, 2.24) is 4.90 Å². The quantitative estimate of drug-likeness (QED) is 0.512. The van der Waals surface area contributed by atoms with Crippen LogP contribution in [0.2, 0.25) is 0 Å². The smallest absolute Gasteiger partial charge is 0.249 e. The van der Waals surface area contributed by atoms with Crippen molar-refractivity contribution in [2.75, 3.05) is 13.7 Å². The first-order valence-electron chi connectivity index (χ1n) is 3.22. The van der Waals surface area contributed by atoms with Gasteiger partial charge in [0.2, 0.25) is 5.91 Å². The number of likely N-dealkylation sites (tertiary alicyclic amines) is 1. The molecule has 0 aromatic heterocycles. The Hall–Kier alpha value is -0.830. The molecule has 0 aromatic rings. The van der Waals surface area contributed by atoms with E-state index in [0.29, 0.717) is 12.0 Å². The van der Waals surface area contributed by atoms with Gasteiger partial charge in [-0.15, -0.1) is 0 Å². The Morgan fingerprint density at radius 2 is 2.50 bits per heavy atom. The largest absolute Gasteiger partial charge is 0.394 e. The molecule has 3 heteroatoms. The molecular weight excluding hydrogens is 130 g/mol. The van der Waals surface area contributed by atoms with Crippen LogP contribution in [0.3, 0.4) is 0 Å². The van der Waals surface area contributed by atoms with E-state index in [9.17, 15) is 4.79 Å². The summed E-state index contributed by atoms with van der Waals surface area (Å²) < 4.78 is 0. The van der Waals surface area contributed by atoms with Gasteiger partial charge in [0.25, 0.3) is 0 Å². The number of hydrogen-bond donors (Lipinski definition) is 1. The Morgan fingerprint density at radius 3 is 2.70 bits per heavy atom. The Balaban J connectivity index is 2.71. The summed E-state index contributed by atoms with van der Waals surface area (Å²) in [5, 5.41) is 8.74. The van der Waals surface area contributed by atoms with Crippen LogP contribution in [-0.2, 0) is 4.79 Å². The molecule has 1 aliphatic rings. The number of hydrogen-bond acceptors (Lipinski definition) is 2. The molecule has 1 saturated heterocycles. The predicted octanol–water partition coefficient (Wildman–Crippen LogP) is -0.234. The summed E-state index contributed by atoms with van der Waals surface area (Å²) in [7, 11) is 1.68. The van der Waals surface area contributed by atoms with Crippen LogP contribution >= 0.6 is 0 Å². The van der Waals surface area contributed by atoms with Crippen LogP contribution in [0.5, 0.6) is 0 Å². The van der Waals surface area contributed by atoms with E-state index in [0.717, 1.165) is 0 Å². The fraction of sp³-hybridized carbons (Fsp3) is 0.571. The minimum absolute atomic E-state index is 0.0290. The van der Waals surface area contributed by atoms with Gasteiger partial charge < -0.3 is 10.0 Å². The van der Waals surface area contributed by atoms with Crippen molar-refractivity contribution < 1.29 is 9.90 Å². The molecule has 3 nitrogen and oxygen atoms in total. The maximum atomic E-state index is 11.0. The molecule has 0 aromatic carbocycles. The van der Waals surface area contributed by atoms with Crippen LogP contribution in [-0.4, -0.2) is 35.6 Å². The predicted molar refractivity (Wildman–Crippen MR) is 37.4 cm³/mol. The molecule has 1 heterocycles. The zero-order valence-electron chi connectivity index (χ0n) is 6.00. The lowest BCUT2D eigenvalue weighted by Crippen LogP contribution is -2.31. The number of rotatable bonds is 1. The highest BCUT2D eigenvalue weighted by Gasteiger charge is 2.29. The monoisotopic (exact) mass is 141 g/mol. The van der Waals surface area contributed by atoms with Gasteiger partial charge in [-0.1, -0.05) is 6.58 Å². The van der Waals surface area contributed by atoms with E-state index < -0.39 is 0 Å². The van der Waals surface area contributed by atoms with Crippen molar-refractivity contribution in [3.8, 4) is 0 Å². The van der Waals surface area contributed by atoms with Gasteiger partial charge in [0, 0.05) is 12.6 Å². The zero-order valence-corrected chi connectivity index (χ0v) is 6.00. The van der Waals surface area contributed by atoms with E-state index in [2.05, 4.69) is 6.58 Å². The van der Waals surface area contributed by atoms with Crippen LogP contribution in [0.15, 0.2) is 12.2 Å². The first-order valence-corrected chi connectivity index (χ1v) is 3.22. The van der Waals surface area contributed by atoms with Gasteiger partial charge in [-0.3, -0.25) is 4.79 Å². The highest BCUT2D eigenvalue weighted by Crippen LogP contribution is 2.19. The number of carbonyl (C=O) groups is 1. The number of aliphatic hydroxyl groups excluding tert-OH is 1. The average molecular weight is 141 g/mol. The molecule has 0 unspecified atom stereocenters. The third kappa shape index (κ3) is 0.926. The molecule has 1 amide bonds. The van der Waals surface area contributed by atoms with Crippen molar-refractivity contribution in [2.24, 2.45) is 0 Å². The Bertz CT molecular complexity index is 176. The summed E-state index contributed by atoms with van der Waals surface area (Å²) in [6.07, 6.45) is 0.603. The van der Waals surface area contributed by atoms with E-state index in [4.69, 9.17) is 5.11 Å². The Labute approximate surface area is 59.9 Å². The van der Waals surface area contributed by atoms with E-state index in [1.165, 1.54) is 4.90 Å². The molecule has 1 rings (SSSR count). The molecule has 1 atom stereocenters. The Kier molecular flexibility index (Phi) is 1.76. The van der Waals surface area contributed by atoms with Crippen LogP contribution in [0.4, 0.5) is 0 Å². The second-order valence-electron chi connectivity index (χ2n) is 2.56. The summed E-state index contributed by atoms with van der Waals surface area (Å²) in [6.45, 7) is 3.61. The second kappa shape index (κ2) is 2.42. The standard InChI is InChI=1S/C7H11NO2/c1-5-3-6(4-9)8(2)7(5)10/h6,9H,1,3-4H2,2H3/t6-/m0/s1. The van der Waals surface area contributed by atoms with E-state index in [1.54, 1.807) is 7.05 Å². The first-order chi connectivity index (χ1) is 4.66. The third-order valence-corrected chi connectivity index (χ3v) is 1.86. The highest BCUT2D eigenvalue weighted by molar-refractivity contribution is 5.95. The minimum atomic E-state index is -0.0425. The van der Waals surface area contributed by atoms with Gasteiger partial charge in [0.15, 0.2) is 0 Å². The summed E-state index contributed by atoms with van der Waals surface area (Å²) >= 11 is 0. The zero-order chi connectivity index (χ0) is 7.72. The molecule has 1 aliphatic heterocycles. The van der Waals surface area contributed by atoms with Gasteiger partial charge in [-0.2, -0.15) is 0 Å². The molecule has 10 heavy (non-hydrogen) atoms. The van der Waals surface area contributed by atoms with Crippen LogP contribution in [0.1, 0.15) is 6.42 Å². The molecule has 1 N–H and O–H groups in total. The molecule has 0 bridgehead atoms. The lowest BCUT2D eigenvalue weighted by Gasteiger charge is -2.15. The van der Waals surface area contributed by atoms with Crippen molar-refractivity contribution in [2.45, 2.75) is 12.5 Å². The molecule has 0 saturated carbocycles. The normalized spacial score (nSPS) is 26.2. The molecule has 0 spiro atoms. The summed E-state index contributed by atoms with van der Waals surface area (Å²) in [6, 6.07) is -0.0417. The highest BCUT2D eigenvalue weighted by atomic mass is 16.3. The van der Waals surface area contributed by atoms with Gasteiger partial charge in [0.05, 0.1) is 12.6 Å². The van der Waals surface area contributed by atoms with E-state index in [-0.39, 0.29) is 18.6 Å². The van der Waals surface area contributed by atoms with Gasteiger partial charge in [0.1, 0.15) is 0 Å². The molecular formula is C7H11NO2. The van der Waals surface area contributed by atoms with Crippen LogP contribution in [0.25, 0.3) is 0 Å². The fourth-order valence-corrected chi connectivity index (χ4v) is 1.11. The first kappa shape index (κ1) is 7.28. The molecule has 56 valence electrons. The number of likely N-dealkylation sites (N-methyl/N-ethyl adjacent to an activating group) is 1. The molecule has 1 fully saturated rings. The maximum absolute atomic E-state index is 11.0. The average Bonchev–Trinajstić information content (AvgIpc) is 2.17. The Morgan fingerprint density at radius 1 is 1.90 bits per heavy atom. The van der Waals surface area contributed by atoms with E-state index >= 15 is 0 Å². The number of aliphatic hydroxyl groups is 1. The fourth-order valence-electron chi connectivity index (χ4n) is 1.11. The van der Waals surface area contributed by atoms with Crippen molar-refractivity contribution >= 4 is 5.91 Å². The summed E-state index contributed by atoms with van der Waals surface area (Å²) in [5.74, 6) is -0.0425. The van der Waals surface area contributed by atoms with Crippen molar-refractivity contribution in [3.63, 3.8) is 0 Å². The number of carbonyl (C=O) groups excluding carboxylic acids is 1. The molecule has 0 aliphatic carbocycles. The second-order valence-corrected chi connectivity index (χ2v) is 2.56. The summed E-state index contributed by atoms with van der Waals surface area (Å²) in [4.78, 5) is 12.5. The topological polar surface area (TPSA) is 40.5 Å². The maximum Gasteiger partial charge on any atom is 0.249 e. The summed E-state index contributed by atoms with van der Waals surface area (Å²) in [5.41, 5.74) is 0.599. The lowest BCUT2D eigenvalue weighted by molar-refractivity contribution is -0.125. The molecule has 0 radical (unpaired) electrons. The van der Waals surface area contributed by atoms with E-state index in [1.807, 2.05) is 0 Å². The third-order valence-electron chi connectivity index (χ3n) is 1.86. The van der Waals surface area contributed by atoms with Crippen LogP contribution < -0.4 is 0 Å². The number of amides is 1. The van der Waals surface area contributed by atoms with Gasteiger partial charge >= 0.3 is 0 Å². The van der Waals surface area contributed by atoms with Crippen LogP contribution in [0, 0.1) is 0 Å². The van der Waals surface area contributed by atoms with Crippen molar-refractivity contribution in [1.29, 1.82) is 0 Å². The van der Waals surface area contributed by atoms with Crippen molar-refractivity contribution in [3.05, 3.63) is 12.2 Å². The number of nitrogens with zero attached hydrogens (tertiary/aromatic N) is 1. The SMILES string of the molecule is C=C1C[C@@H](CO)N(C)C1=O.